The molecule has 0 heterocycles. The molecular formula is C18H29N. The molecular weight excluding hydrogens is 230 g/mol. The van der Waals surface area contributed by atoms with Crippen LogP contribution in [0.4, 0.5) is 0 Å². The van der Waals surface area contributed by atoms with Crippen LogP contribution in [0.1, 0.15) is 58.1 Å². The summed E-state index contributed by atoms with van der Waals surface area (Å²) in [7, 11) is 0. The fourth-order valence-electron chi connectivity index (χ4n) is 2.67. The van der Waals surface area contributed by atoms with Crippen LogP contribution >= 0.6 is 0 Å². The van der Waals surface area contributed by atoms with Crippen LogP contribution in [0.3, 0.4) is 0 Å². The molecule has 1 aliphatic rings. The van der Waals surface area contributed by atoms with Crippen LogP contribution in [0, 0.1) is 11.8 Å². The first-order valence-corrected chi connectivity index (χ1v) is 7.69. The number of hydrogen-bond donors (Lipinski definition) is 1. The highest BCUT2D eigenvalue weighted by atomic mass is 14.9. The van der Waals surface area contributed by atoms with E-state index in [1.807, 2.05) is 0 Å². The molecule has 1 heteroatoms. The van der Waals surface area contributed by atoms with E-state index in [2.05, 4.69) is 64.2 Å². The summed E-state index contributed by atoms with van der Waals surface area (Å²) in [5.41, 5.74) is 3.23. The molecule has 0 aromatic heterocycles. The van der Waals surface area contributed by atoms with E-state index in [1.54, 1.807) is 0 Å². The third-order valence-corrected chi connectivity index (χ3v) is 4.09. The normalized spacial score (nSPS) is 22.8. The lowest BCUT2D eigenvalue weighted by Gasteiger charge is -2.19. The van der Waals surface area contributed by atoms with Gasteiger partial charge in [0.2, 0.25) is 0 Å². The Morgan fingerprint density at radius 2 is 1.79 bits per heavy atom. The van der Waals surface area contributed by atoms with E-state index in [1.165, 1.54) is 24.1 Å². The Balaban J connectivity index is 1.84. The zero-order valence-corrected chi connectivity index (χ0v) is 13.2. The van der Waals surface area contributed by atoms with Gasteiger partial charge in [-0.15, -0.1) is 0 Å². The lowest BCUT2D eigenvalue weighted by atomic mass is 9.86. The predicted octanol–water partition coefficient (Wildman–Crippen LogP) is 4.33. The fourth-order valence-corrected chi connectivity index (χ4v) is 2.67. The number of benzene rings is 1. The van der Waals surface area contributed by atoms with Crippen LogP contribution in [0.5, 0.6) is 0 Å². The molecule has 1 saturated carbocycles. The van der Waals surface area contributed by atoms with E-state index >= 15 is 0 Å². The van der Waals surface area contributed by atoms with Crippen molar-refractivity contribution in [1.29, 1.82) is 0 Å². The van der Waals surface area contributed by atoms with Gasteiger partial charge in [0.15, 0.2) is 0 Å². The van der Waals surface area contributed by atoms with Crippen LogP contribution in [0.15, 0.2) is 24.3 Å². The standard InChI is InChI=1S/C18H29N/c1-13(2)11-19-12-15-10-17(15)14-6-8-16(9-7-14)18(3,4)5/h6-9,13,15,17,19H,10-12H2,1-5H3. The minimum atomic E-state index is 0.264. The van der Waals surface area contributed by atoms with E-state index in [9.17, 15) is 0 Å². The maximum Gasteiger partial charge on any atom is -0.00143 e. The van der Waals surface area contributed by atoms with Crippen molar-refractivity contribution in [2.24, 2.45) is 11.8 Å². The van der Waals surface area contributed by atoms with Gasteiger partial charge in [-0.2, -0.15) is 0 Å². The number of rotatable bonds is 5. The Morgan fingerprint density at radius 1 is 1.16 bits per heavy atom. The average molecular weight is 259 g/mol. The summed E-state index contributed by atoms with van der Waals surface area (Å²) >= 11 is 0. The summed E-state index contributed by atoms with van der Waals surface area (Å²) in [6.07, 6.45) is 1.36. The highest BCUT2D eigenvalue weighted by Crippen LogP contribution is 2.47. The second-order valence-electron chi connectivity index (χ2n) is 7.53. The van der Waals surface area contributed by atoms with Gasteiger partial charge < -0.3 is 5.32 Å². The van der Waals surface area contributed by atoms with E-state index in [4.69, 9.17) is 0 Å². The predicted molar refractivity (Wildman–Crippen MR) is 83.7 cm³/mol. The zero-order valence-electron chi connectivity index (χ0n) is 13.2. The Bertz CT molecular complexity index is 397. The molecule has 0 radical (unpaired) electrons. The fraction of sp³-hybridized carbons (Fsp3) is 0.667. The van der Waals surface area contributed by atoms with Gasteiger partial charge in [-0.3, -0.25) is 0 Å². The Hall–Kier alpha value is -0.820. The van der Waals surface area contributed by atoms with Crippen LogP contribution < -0.4 is 5.32 Å². The van der Waals surface area contributed by atoms with Gasteiger partial charge in [-0.25, -0.2) is 0 Å². The van der Waals surface area contributed by atoms with Crippen molar-refractivity contribution in [1.82, 2.24) is 5.32 Å². The topological polar surface area (TPSA) is 12.0 Å². The summed E-state index contributed by atoms with van der Waals surface area (Å²) in [4.78, 5) is 0. The van der Waals surface area contributed by atoms with Crippen molar-refractivity contribution in [2.75, 3.05) is 13.1 Å². The molecule has 0 aliphatic heterocycles. The molecule has 106 valence electrons. The Labute approximate surface area is 118 Å². The maximum atomic E-state index is 3.58. The second-order valence-corrected chi connectivity index (χ2v) is 7.53. The van der Waals surface area contributed by atoms with E-state index < -0.39 is 0 Å². The lowest BCUT2D eigenvalue weighted by molar-refractivity contribution is 0.532. The molecule has 0 bridgehead atoms. The van der Waals surface area contributed by atoms with Gasteiger partial charge >= 0.3 is 0 Å². The summed E-state index contributed by atoms with van der Waals surface area (Å²) in [5.74, 6) is 2.41. The minimum Gasteiger partial charge on any atom is -0.316 e. The monoisotopic (exact) mass is 259 g/mol. The molecule has 19 heavy (non-hydrogen) atoms. The van der Waals surface area contributed by atoms with Gasteiger partial charge in [0.25, 0.3) is 0 Å². The number of nitrogens with one attached hydrogen (secondary N) is 1. The third kappa shape index (κ3) is 4.07. The van der Waals surface area contributed by atoms with Crippen molar-refractivity contribution in [3.63, 3.8) is 0 Å². The van der Waals surface area contributed by atoms with Gasteiger partial charge in [-0.1, -0.05) is 58.9 Å². The van der Waals surface area contributed by atoms with Crippen molar-refractivity contribution in [3.05, 3.63) is 35.4 Å². The maximum absolute atomic E-state index is 3.58. The second kappa shape index (κ2) is 5.66. The Kier molecular flexibility index (Phi) is 4.35. The molecule has 0 amide bonds. The molecule has 1 aliphatic carbocycles. The molecule has 1 N–H and O–H groups in total. The third-order valence-electron chi connectivity index (χ3n) is 4.09. The minimum absolute atomic E-state index is 0.264. The van der Waals surface area contributed by atoms with Crippen molar-refractivity contribution < 1.29 is 0 Å². The first-order chi connectivity index (χ1) is 8.88. The average Bonchev–Trinajstić information content (AvgIpc) is 3.07. The van der Waals surface area contributed by atoms with E-state index in [-0.39, 0.29) is 5.41 Å². The Morgan fingerprint density at radius 3 is 2.32 bits per heavy atom. The van der Waals surface area contributed by atoms with Crippen LogP contribution in [0.25, 0.3) is 0 Å². The van der Waals surface area contributed by atoms with Crippen molar-refractivity contribution >= 4 is 0 Å². The van der Waals surface area contributed by atoms with Gasteiger partial charge in [0, 0.05) is 0 Å². The van der Waals surface area contributed by atoms with Gasteiger partial charge in [0.1, 0.15) is 0 Å². The molecule has 2 atom stereocenters. The van der Waals surface area contributed by atoms with Gasteiger partial charge in [-0.05, 0) is 53.8 Å². The molecule has 0 saturated heterocycles. The van der Waals surface area contributed by atoms with E-state index in [0.717, 1.165) is 24.3 Å². The molecule has 2 unspecified atom stereocenters. The lowest BCUT2D eigenvalue weighted by Crippen LogP contribution is -2.22. The van der Waals surface area contributed by atoms with Crippen LogP contribution in [-0.4, -0.2) is 13.1 Å². The molecule has 1 fully saturated rings. The highest BCUT2D eigenvalue weighted by molar-refractivity contribution is 5.32. The molecule has 2 rings (SSSR count). The molecule has 1 aromatic rings. The molecule has 1 nitrogen and oxygen atoms in total. The quantitative estimate of drug-likeness (QED) is 0.829. The van der Waals surface area contributed by atoms with Gasteiger partial charge in [0.05, 0.1) is 0 Å². The molecule has 0 spiro atoms. The first-order valence-electron chi connectivity index (χ1n) is 7.69. The van der Waals surface area contributed by atoms with Crippen LogP contribution in [-0.2, 0) is 5.41 Å². The highest BCUT2D eigenvalue weighted by Gasteiger charge is 2.37. The summed E-state index contributed by atoms with van der Waals surface area (Å²) in [6, 6.07) is 9.31. The summed E-state index contributed by atoms with van der Waals surface area (Å²) in [5, 5.41) is 3.58. The summed E-state index contributed by atoms with van der Waals surface area (Å²) in [6.45, 7) is 13.7. The van der Waals surface area contributed by atoms with Crippen LogP contribution in [0.2, 0.25) is 0 Å². The zero-order chi connectivity index (χ0) is 14.0. The number of hydrogen-bond acceptors (Lipinski definition) is 1. The summed E-state index contributed by atoms with van der Waals surface area (Å²) < 4.78 is 0. The van der Waals surface area contributed by atoms with E-state index in [0.29, 0.717) is 0 Å². The smallest absolute Gasteiger partial charge is 0.00143 e. The van der Waals surface area contributed by atoms with Crippen molar-refractivity contribution in [2.45, 2.75) is 52.4 Å². The first kappa shape index (κ1) is 14.6. The van der Waals surface area contributed by atoms with Crippen molar-refractivity contribution in [3.8, 4) is 0 Å². The molecule has 1 aromatic carbocycles. The largest absolute Gasteiger partial charge is 0.316 e. The SMILES string of the molecule is CC(C)CNCC1CC1c1ccc(C(C)(C)C)cc1.